The molecule has 154 valence electrons. The number of aryl methyl sites for hydroxylation is 1. The number of hydrogen-bond donors (Lipinski definition) is 2. The fraction of sp³-hybridized carbons (Fsp3) is 0.565. The predicted octanol–water partition coefficient (Wildman–Crippen LogP) is 2.26. The van der Waals surface area contributed by atoms with E-state index in [-0.39, 0.29) is 11.5 Å². The SMILES string of the molecule is Nc1ccn(-c2ccc3c(c2)CCC(N(CC2CC2)[C@H]2CCC(N)C2)C3)c(=O)n1. The first-order valence-electron chi connectivity index (χ1n) is 11.1. The molecule has 1 aromatic carbocycles. The number of nitrogen functional groups attached to an aromatic ring is 1. The van der Waals surface area contributed by atoms with Crippen molar-refractivity contribution in [2.75, 3.05) is 12.3 Å². The Morgan fingerprint density at radius 2 is 1.93 bits per heavy atom. The second kappa shape index (κ2) is 7.58. The second-order valence-electron chi connectivity index (χ2n) is 9.22. The first kappa shape index (κ1) is 18.8. The van der Waals surface area contributed by atoms with Crippen LogP contribution in [0.25, 0.3) is 5.69 Å². The van der Waals surface area contributed by atoms with Crippen LogP contribution in [0, 0.1) is 5.92 Å². The molecule has 2 aromatic rings. The second-order valence-corrected chi connectivity index (χ2v) is 9.22. The van der Waals surface area contributed by atoms with E-state index in [0.29, 0.717) is 18.1 Å². The largest absolute Gasteiger partial charge is 0.383 e. The van der Waals surface area contributed by atoms with Gasteiger partial charge in [0.05, 0.1) is 5.69 Å². The Hall–Kier alpha value is -2.18. The number of nitrogens with two attached hydrogens (primary N) is 2. The van der Waals surface area contributed by atoms with Gasteiger partial charge >= 0.3 is 5.69 Å². The van der Waals surface area contributed by atoms with Gasteiger partial charge < -0.3 is 11.5 Å². The molecule has 2 unspecified atom stereocenters. The van der Waals surface area contributed by atoms with Gasteiger partial charge in [-0.1, -0.05) is 6.07 Å². The van der Waals surface area contributed by atoms with Crippen molar-refractivity contribution in [1.29, 1.82) is 0 Å². The van der Waals surface area contributed by atoms with Gasteiger partial charge in [-0.05, 0) is 86.6 Å². The van der Waals surface area contributed by atoms with Crippen LogP contribution >= 0.6 is 0 Å². The summed E-state index contributed by atoms with van der Waals surface area (Å²) >= 11 is 0. The molecular weight excluding hydrogens is 362 g/mol. The lowest BCUT2D eigenvalue weighted by molar-refractivity contribution is 0.116. The van der Waals surface area contributed by atoms with Crippen LogP contribution in [0.5, 0.6) is 0 Å². The highest BCUT2D eigenvalue weighted by molar-refractivity contribution is 5.43. The topological polar surface area (TPSA) is 90.2 Å². The lowest BCUT2D eigenvalue weighted by Crippen LogP contribution is -2.46. The van der Waals surface area contributed by atoms with Crippen molar-refractivity contribution in [2.45, 2.75) is 69.5 Å². The number of fused-ring (bicyclic) bond motifs is 1. The van der Waals surface area contributed by atoms with Crippen molar-refractivity contribution in [3.05, 3.63) is 52.1 Å². The number of anilines is 1. The van der Waals surface area contributed by atoms with E-state index in [9.17, 15) is 4.79 Å². The summed E-state index contributed by atoms with van der Waals surface area (Å²) in [6.45, 7) is 1.25. The Balaban J connectivity index is 1.36. The molecule has 3 aliphatic rings. The highest BCUT2D eigenvalue weighted by atomic mass is 16.1. The molecule has 0 bridgehead atoms. The van der Waals surface area contributed by atoms with Crippen LogP contribution in [0.3, 0.4) is 0 Å². The molecule has 0 aliphatic heterocycles. The highest BCUT2D eigenvalue weighted by Crippen LogP contribution is 2.36. The summed E-state index contributed by atoms with van der Waals surface area (Å²) in [7, 11) is 0. The fourth-order valence-corrected chi connectivity index (χ4v) is 5.26. The normalized spacial score (nSPS) is 26.6. The maximum atomic E-state index is 12.2. The zero-order chi connectivity index (χ0) is 20.0. The van der Waals surface area contributed by atoms with Crippen molar-refractivity contribution in [1.82, 2.24) is 14.5 Å². The molecule has 4 N–H and O–H groups in total. The summed E-state index contributed by atoms with van der Waals surface area (Å²) < 4.78 is 1.57. The molecule has 29 heavy (non-hydrogen) atoms. The third-order valence-corrected chi connectivity index (χ3v) is 7.05. The summed E-state index contributed by atoms with van der Waals surface area (Å²) in [5.74, 6) is 1.16. The predicted molar refractivity (Wildman–Crippen MR) is 115 cm³/mol. The summed E-state index contributed by atoms with van der Waals surface area (Å²) in [6, 6.07) is 9.72. The molecule has 0 radical (unpaired) electrons. The number of aromatic nitrogens is 2. The van der Waals surface area contributed by atoms with Gasteiger partial charge in [-0.25, -0.2) is 4.79 Å². The average molecular weight is 394 g/mol. The molecule has 6 heteroatoms. The van der Waals surface area contributed by atoms with Crippen molar-refractivity contribution in [3.8, 4) is 5.69 Å². The fourth-order valence-electron chi connectivity index (χ4n) is 5.26. The third kappa shape index (κ3) is 3.96. The van der Waals surface area contributed by atoms with Crippen molar-refractivity contribution in [2.24, 2.45) is 11.7 Å². The van der Waals surface area contributed by atoms with Crippen LogP contribution < -0.4 is 17.2 Å². The summed E-state index contributed by atoms with van der Waals surface area (Å²) in [5.41, 5.74) is 15.2. The van der Waals surface area contributed by atoms with E-state index < -0.39 is 0 Å². The Kier molecular flexibility index (Phi) is 4.92. The monoisotopic (exact) mass is 393 g/mol. The average Bonchev–Trinajstić information content (AvgIpc) is 3.44. The van der Waals surface area contributed by atoms with Gasteiger partial charge in [-0.3, -0.25) is 9.47 Å². The zero-order valence-electron chi connectivity index (χ0n) is 17.0. The molecule has 0 saturated heterocycles. The van der Waals surface area contributed by atoms with E-state index in [2.05, 4.69) is 22.0 Å². The van der Waals surface area contributed by atoms with Crippen molar-refractivity contribution < 1.29 is 0 Å². The zero-order valence-corrected chi connectivity index (χ0v) is 17.0. The lowest BCUT2D eigenvalue weighted by Gasteiger charge is -2.39. The maximum Gasteiger partial charge on any atom is 0.354 e. The van der Waals surface area contributed by atoms with E-state index in [1.165, 1.54) is 49.8 Å². The number of benzene rings is 1. The van der Waals surface area contributed by atoms with Crippen molar-refractivity contribution in [3.63, 3.8) is 0 Å². The number of rotatable bonds is 5. The number of nitrogens with zero attached hydrogens (tertiary/aromatic N) is 3. The van der Waals surface area contributed by atoms with E-state index in [0.717, 1.165) is 30.9 Å². The summed E-state index contributed by atoms with van der Waals surface area (Å²) in [5, 5.41) is 0. The molecule has 1 heterocycles. The minimum absolute atomic E-state index is 0.259. The van der Waals surface area contributed by atoms with E-state index >= 15 is 0 Å². The van der Waals surface area contributed by atoms with Crippen LogP contribution in [0.15, 0.2) is 35.3 Å². The summed E-state index contributed by atoms with van der Waals surface area (Å²) in [6.07, 6.45) is 11.4. The Labute approximate surface area is 171 Å². The molecule has 2 saturated carbocycles. The smallest absolute Gasteiger partial charge is 0.354 e. The quantitative estimate of drug-likeness (QED) is 0.813. The van der Waals surface area contributed by atoms with E-state index in [1.807, 2.05) is 6.07 Å². The molecule has 1 aromatic heterocycles. The third-order valence-electron chi connectivity index (χ3n) is 7.05. The van der Waals surface area contributed by atoms with E-state index in [1.54, 1.807) is 16.8 Å². The van der Waals surface area contributed by atoms with Gasteiger partial charge in [0.2, 0.25) is 0 Å². The molecule has 5 rings (SSSR count). The Morgan fingerprint density at radius 3 is 2.66 bits per heavy atom. The van der Waals surface area contributed by atoms with Crippen LogP contribution in [0.4, 0.5) is 5.82 Å². The van der Waals surface area contributed by atoms with Gasteiger partial charge in [0, 0.05) is 30.9 Å². The molecule has 2 fully saturated rings. The van der Waals surface area contributed by atoms with Gasteiger partial charge in [-0.2, -0.15) is 4.98 Å². The molecule has 3 aliphatic carbocycles. The van der Waals surface area contributed by atoms with Gasteiger partial charge in [0.15, 0.2) is 0 Å². The van der Waals surface area contributed by atoms with E-state index in [4.69, 9.17) is 11.5 Å². The minimum atomic E-state index is -0.327. The number of hydrogen-bond acceptors (Lipinski definition) is 5. The van der Waals surface area contributed by atoms with Crippen LogP contribution in [0.1, 0.15) is 49.7 Å². The van der Waals surface area contributed by atoms with Gasteiger partial charge in [-0.15, -0.1) is 0 Å². The first-order valence-corrected chi connectivity index (χ1v) is 11.1. The molecule has 0 amide bonds. The molecule has 3 atom stereocenters. The molecular formula is C23H31N5O. The Morgan fingerprint density at radius 1 is 1.07 bits per heavy atom. The minimum Gasteiger partial charge on any atom is -0.383 e. The summed E-state index contributed by atoms with van der Waals surface area (Å²) in [4.78, 5) is 18.9. The maximum absolute atomic E-state index is 12.2. The van der Waals surface area contributed by atoms with Gasteiger partial charge in [0.25, 0.3) is 0 Å². The van der Waals surface area contributed by atoms with Crippen LogP contribution in [-0.4, -0.2) is 39.1 Å². The Bertz CT molecular complexity index is 951. The standard InChI is InChI=1S/C23H31N5O/c24-18-5-8-21(13-18)28(14-15-1-2-15)20-7-4-16-11-19(6-3-17(16)12-20)27-10-9-22(25)26-23(27)29/h3,6,9-11,15,18,20-21H,1-2,4-5,7-8,12-14,24H2,(H2,25,26,29)/t18?,20?,21-/m0/s1. The van der Waals surface area contributed by atoms with Crippen LogP contribution in [0.2, 0.25) is 0 Å². The van der Waals surface area contributed by atoms with Crippen molar-refractivity contribution >= 4 is 5.82 Å². The lowest BCUT2D eigenvalue weighted by atomic mass is 9.86. The first-order chi connectivity index (χ1) is 14.1. The highest BCUT2D eigenvalue weighted by Gasteiger charge is 2.36. The van der Waals surface area contributed by atoms with Gasteiger partial charge in [0.1, 0.15) is 5.82 Å². The van der Waals surface area contributed by atoms with Crippen LogP contribution in [-0.2, 0) is 12.8 Å². The molecule has 0 spiro atoms. The molecule has 6 nitrogen and oxygen atoms in total.